The number of para-hydroxylation sites is 1. The third-order valence-corrected chi connectivity index (χ3v) is 2.87. The summed E-state index contributed by atoms with van der Waals surface area (Å²) >= 11 is 0. The van der Waals surface area contributed by atoms with Crippen molar-refractivity contribution in [1.29, 1.82) is 0 Å². The zero-order valence-corrected chi connectivity index (χ0v) is 9.07. The summed E-state index contributed by atoms with van der Waals surface area (Å²) in [5.41, 5.74) is 9.74. The fourth-order valence-corrected chi connectivity index (χ4v) is 2.02. The van der Waals surface area contributed by atoms with Crippen molar-refractivity contribution in [1.82, 2.24) is 4.98 Å². The fourth-order valence-electron chi connectivity index (χ4n) is 2.02. The number of benzene rings is 2. The Kier molecular flexibility index (Phi) is 1.83. The van der Waals surface area contributed by atoms with Gasteiger partial charge in [0.1, 0.15) is 0 Å². The SMILES string of the molecule is Cc1cccc2cc3ccc(N)cc3nc12. The quantitative estimate of drug-likeness (QED) is 0.455. The molecule has 0 unspecified atom stereocenters. The molecule has 2 aromatic carbocycles. The molecule has 0 aliphatic heterocycles. The molecule has 0 saturated heterocycles. The standard InChI is InChI=1S/C14H12N2/c1-9-3-2-4-11-7-10-5-6-12(15)8-13(10)16-14(9)11/h2-8H,15H2,1H3. The number of rotatable bonds is 0. The van der Waals surface area contributed by atoms with Crippen molar-refractivity contribution >= 4 is 27.5 Å². The van der Waals surface area contributed by atoms with E-state index in [9.17, 15) is 0 Å². The van der Waals surface area contributed by atoms with Crippen LogP contribution in [-0.4, -0.2) is 4.98 Å². The number of pyridine rings is 1. The predicted octanol–water partition coefficient (Wildman–Crippen LogP) is 3.28. The molecule has 1 heterocycles. The number of anilines is 1. The number of nitrogens with two attached hydrogens (primary N) is 1. The van der Waals surface area contributed by atoms with Crippen molar-refractivity contribution in [2.45, 2.75) is 6.92 Å². The van der Waals surface area contributed by atoms with Gasteiger partial charge in [-0.3, -0.25) is 0 Å². The van der Waals surface area contributed by atoms with Crippen LogP contribution in [0.1, 0.15) is 5.56 Å². The molecule has 2 heteroatoms. The van der Waals surface area contributed by atoms with Crippen molar-refractivity contribution in [2.24, 2.45) is 0 Å². The topological polar surface area (TPSA) is 38.9 Å². The lowest BCUT2D eigenvalue weighted by molar-refractivity contribution is 1.42. The van der Waals surface area contributed by atoms with E-state index in [4.69, 9.17) is 5.73 Å². The first kappa shape index (κ1) is 9.16. The Bertz CT molecular complexity index is 687. The molecule has 16 heavy (non-hydrogen) atoms. The van der Waals surface area contributed by atoms with Gasteiger partial charge in [0.05, 0.1) is 11.0 Å². The smallest absolute Gasteiger partial charge is 0.0738 e. The van der Waals surface area contributed by atoms with Gasteiger partial charge >= 0.3 is 0 Å². The van der Waals surface area contributed by atoms with Crippen molar-refractivity contribution in [2.75, 3.05) is 5.73 Å². The summed E-state index contributed by atoms with van der Waals surface area (Å²) in [6, 6.07) is 14.2. The van der Waals surface area contributed by atoms with Gasteiger partial charge in [0, 0.05) is 16.5 Å². The van der Waals surface area contributed by atoms with Crippen LogP contribution in [0.15, 0.2) is 42.5 Å². The molecule has 3 aromatic rings. The number of aryl methyl sites for hydroxylation is 1. The zero-order valence-electron chi connectivity index (χ0n) is 9.07. The lowest BCUT2D eigenvalue weighted by Gasteiger charge is -2.04. The summed E-state index contributed by atoms with van der Waals surface area (Å²) in [6.45, 7) is 2.08. The van der Waals surface area contributed by atoms with E-state index in [-0.39, 0.29) is 0 Å². The zero-order chi connectivity index (χ0) is 11.1. The first-order valence-electron chi connectivity index (χ1n) is 5.30. The molecule has 0 spiro atoms. The minimum atomic E-state index is 0.757. The van der Waals surface area contributed by atoms with Crippen LogP contribution in [0, 0.1) is 6.92 Å². The minimum absolute atomic E-state index is 0.757. The Labute approximate surface area is 93.7 Å². The maximum atomic E-state index is 5.77. The fraction of sp³-hybridized carbons (Fsp3) is 0.0714. The van der Waals surface area contributed by atoms with Crippen LogP contribution in [0.25, 0.3) is 21.8 Å². The monoisotopic (exact) mass is 208 g/mol. The van der Waals surface area contributed by atoms with Gasteiger partial charge in [0.15, 0.2) is 0 Å². The van der Waals surface area contributed by atoms with Crippen LogP contribution in [0.4, 0.5) is 5.69 Å². The van der Waals surface area contributed by atoms with Gasteiger partial charge in [-0.05, 0) is 30.7 Å². The summed E-state index contributed by atoms with van der Waals surface area (Å²) in [6.07, 6.45) is 0. The number of aromatic nitrogens is 1. The van der Waals surface area contributed by atoms with Gasteiger partial charge in [-0.25, -0.2) is 4.98 Å². The largest absolute Gasteiger partial charge is 0.399 e. The van der Waals surface area contributed by atoms with Crippen molar-refractivity contribution in [3.05, 3.63) is 48.0 Å². The molecule has 0 aliphatic rings. The Morgan fingerprint density at radius 3 is 2.75 bits per heavy atom. The van der Waals surface area contributed by atoms with Crippen molar-refractivity contribution < 1.29 is 0 Å². The maximum Gasteiger partial charge on any atom is 0.0738 e. The molecule has 0 amide bonds. The van der Waals surface area contributed by atoms with Gasteiger partial charge in [0.2, 0.25) is 0 Å². The van der Waals surface area contributed by atoms with Gasteiger partial charge in [-0.15, -0.1) is 0 Å². The van der Waals surface area contributed by atoms with Crippen LogP contribution >= 0.6 is 0 Å². The van der Waals surface area contributed by atoms with E-state index < -0.39 is 0 Å². The first-order valence-corrected chi connectivity index (χ1v) is 5.30. The van der Waals surface area contributed by atoms with Crippen LogP contribution in [0.3, 0.4) is 0 Å². The number of fused-ring (bicyclic) bond motifs is 2. The Hall–Kier alpha value is -2.09. The van der Waals surface area contributed by atoms with Crippen molar-refractivity contribution in [3.8, 4) is 0 Å². The summed E-state index contributed by atoms with van der Waals surface area (Å²) < 4.78 is 0. The Morgan fingerprint density at radius 2 is 1.88 bits per heavy atom. The second-order valence-electron chi connectivity index (χ2n) is 4.09. The molecule has 0 atom stereocenters. The van der Waals surface area contributed by atoms with Crippen LogP contribution in [-0.2, 0) is 0 Å². The van der Waals surface area contributed by atoms with Gasteiger partial charge in [-0.2, -0.15) is 0 Å². The molecule has 2 nitrogen and oxygen atoms in total. The second-order valence-corrected chi connectivity index (χ2v) is 4.09. The van der Waals surface area contributed by atoms with E-state index in [0.29, 0.717) is 0 Å². The molecule has 78 valence electrons. The average molecular weight is 208 g/mol. The lowest BCUT2D eigenvalue weighted by Crippen LogP contribution is -1.88. The lowest BCUT2D eigenvalue weighted by atomic mass is 10.1. The predicted molar refractivity (Wildman–Crippen MR) is 68.4 cm³/mol. The summed E-state index contributed by atoms with van der Waals surface area (Å²) in [5, 5.41) is 2.31. The molecule has 1 aromatic heterocycles. The molecule has 0 saturated carbocycles. The normalized spacial score (nSPS) is 11.1. The van der Waals surface area contributed by atoms with Crippen LogP contribution in [0.5, 0.6) is 0 Å². The average Bonchev–Trinajstić information content (AvgIpc) is 2.28. The van der Waals surface area contributed by atoms with E-state index in [2.05, 4.69) is 36.2 Å². The summed E-state index contributed by atoms with van der Waals surface area (Å²) in [4.78, 5) is 4.66. The van der Waals surface area contributed by atoms with E-state index in [0.717, 1.165) is 22.1 Å². The summed E-state index contributed by atoms with van der Waals surface area (Å²) in [5.74, 6) is 0. The molecule has 0 radical (unpaired) electrons. The van der Waals surface area contributed by atoms with Gasteiger partial charge in [-0.1, -0.05) is 24.3 Å². The van der Waals surface area contributed by atoms with E-state index in [1.807, 2.05) is 18.2 Å². The number of nitrogen functional groups attached to an aromatic ring is 1. The van der Waals surface area contributed by atoms with Gasteiger partial charge < -0.3 is 5.73 Å². The molecule has 2 N–H and O–H groups in total. The van der Waals surface area contributed by atoms with Crippen molar-refractivity contribution in [3.63, 3.8) is 0 Å². The highest BCUT2D eigenvalue weighted by molar-refractivity contribution is 5.94. The highest BCUT2D eigenvalue weighted by atomic mass is 14.7. The summed E-state index contributed by atoms with van der Waals surface area (Å²) in [7, 11) is 0. The Balaban J connectivity index is 2.49. The Morgan fingerprint density at radius 1 is 1.00 bits per heavy atom. The second kappa shape index (κ2) is 3.20. The number of hydrogen-bond donors (Lipinski definition) is 1. The first-order chi connectivity index (χ1) is 7.74. The molecular weight excluding hydrogens is 196 g/mol. The third-order valence-electron chi connectivity index (χ3n) is 2.87. The van der Waals surface area contributed by atoms with E-state index >= 15 is 0 Å². The highest BCUT2D eigenvalue weighted by Crippen LogP contribution is 2.23. The molecule has 0 bridgehead atoms. The molecule has 3 rings (SSSR count). The highest BCUT2D eigenvalue weighted by Gasteiger charge is 2.01. The minimum Gasteiger partial charge on any atom is -0.399 e. The van der Waals surface area contributed by atoms with Gasteiger partial charge in [0.25, 0.3) is 0 Å². The molecule has 0 aliphatic carbocycles. The maximum absolute atomic E-state index is 5.77. The van der Waals surface area contributed by atoms with Crippen LogP contribution < -0.4 is 5.73 Å². The van der Waals surface area contributed by atoms with E-state index in [1.165, 1.54) is 10.9 Å². The molecule has 0 fully saturated rings. The third kappa shape index (κ3) is 1.31. The molecular formula is C14H12N2. The van der Waals surface area contributed by atoms with E-state index in [1.54, 1.807) is 0 Å². The van der Waals surface area contributed by atoms with Crippen LogP contribution in [0.2, 0.25) is 0 Å². The number of nitrogens with zero attached hydrogens (tertiary/aromatic N) is 1. The number of hydrogen-bond acceptors (Lipinski definition) is 2.